The Labute approximate surface area is 98.8 Å². The topological polar surface area (TPSA) is 40.5 Å². The van der Waals surface area contributed by atoms with Crippen molar-refractivity contribution in [1.82, 2.24) is 4.90 Å². The Morgan fingerprint density at radius 1 is 1.50 bits per heavy atom. The molecule has 0 spiro atoms. The Morgan fingerprint density at radius 2 is 2.25 bits per heavy atom. The lowest BCUT2D eigenvalue weighted by atomic mass is 10.0. The van der Waals surface area contributed by atoms with Gasteiger partial charge in [-0.3, -0.25) is 4.79 Å². The lowest BCUT2D eigenvalue weighted by Gasteiger charge is -2.17. The van der Waals surface area contributed by atoms with E-state index in [1.165, 1.54) is 12.8 Å². The number of nitrogens with zero attached hydrogens (tertiary/aromatic N) is 1. The maximum Gasteiger partial charge on any atom is 0.222 e. The fourth-order valence-corrected chi connectivity index (χ4v) is 2.39. The number of hydrogen-bond acceptors (Lipinski definition) is 2. The van der Waals surface area contributed by atoms with Crippen LogP contribution in [0, 0.1) is 5.92 Å². The number of carbonyl (C=O) groups excluding carboxylic acids is 1. The van der Waals surface area contributed by atoms with E-state index in [-0.39, 0.29) is 6.10 Å². The highest BCUT2D eigenvalue weighted by Gasteiger charge is 2.28. The summed E-state index contributed by atoms with van der Waals surface area (Å²) in [7, 11) is 0. The minimum atomic E-state index is -0.191. The van der Waals surface area contributed by atoms with Crippen LogP contribution in [0.15, 0.2) is 0 Å². The molecular formula is C13H25NO2. The Balaban J connectivity index is 2.20. The number of aliphatic hydroxyl groups excluding tert-OH is 1. The molecule has 0 radical (unpaired) electrons. The van der Waals surface area contributed by atoms with Crippen LogP contribution in [0.5, 0.6) is 0 Å². The predicted molar refractivity (Wildman–Crippen MR) is 65.1 cm³/mol. The minimum absolute atomic E-state index is 0.191. The predicted octanol–water partition coefficient (Wildman–Crippen LogP) is 2.19. The van der Waals surface area contributed by atoms with Gasteiger partial charge in [0.1, 0.15) is 0 Å². The van der Waals surface area contributed by atoms with E-state index in [0.29, 0.717) is 11.8 Å². The number of likely N-dealkylation sites (tertiary alicyclic amines) is 1. The van der Waals surface area contributed by atoms with E-state index in [1.54, 1.807) is 0 Å². The van der Waals surface area contributed by atoms with E-state index in [4.69, 9.17) is 0 Å². The smallest absolute Gasteiger partial charge is 0.222 e. The quantitative estimate of drug-likeness (QED) is 0.724. The minimum Gasteiger partial charge on any atom is -0.393 e. The van der Waals surface area contributed by atoms with Crippen LogP contribution in [0.25, 0.3) is 0 Å². The summed E-state index contributed by atoms with van der Waals surface area (Å²) in [5, 5.41) is 9.43. The highest BCUT2D eigenvalue weighted by atomic mass is 16.3. The maximum absolute atomic E-state index is 11.7. The molecule has 1 rings (SSSR count). The van der Waals surface area contributed by atoms with E-state index in [2.05, 4.69) is 6.92 Å². The molecule has 1 aliphatic rings. The van der Waals surface area contributed by atoms with Gasteiger partial charge in [-0.25, -0.2) is 0 Å². The summed E-state index contributed by atoms with van der Waals surface area (Å²) >= 11 is 0. The molecule has 1 heterocycles. The number of carbonyl (C=O) groups is 1. The lowest BCUT2D eigenvalue weighted by Crippen LogP contribution is -2.27. The van der Waals surface area contributed by atoms with Gasteiger partial charge in [0.15, 0.2) is 0 Å². The Hall–Kier alpha value is -0.570. The molecule has 0 aromatic carbocycles. The van der Waals surface area contributed by atoms with Crippen molar-refractivity contribution in [2.75, 3.05) is 13.1 Å². The van der Waals surface area contributed by atoms with Crippen molar-refractivity contribution in [3.05, 3.63) is 0 Å². The van der Waals surface area contributed by atoms with Crippen LogP contribution >= 0.6 is 0 Å². The molecule has 3 heteroatoms. The second-order valence-corrected chi connectivity index (χ2v) is 4.90. The standard InChI is InChI=1S/C13H25NO2/c1-3-6-11-9-13(16)14(10-11)8-5-7-12(15)4-2/h11-12,15H,3-10H2,1-2H3. The molecule has 1 fully saturated rings. The summed E-state index contributed by atoms with van der Waals surface area (Å²) in [5.74, 6) is 0.887. The summed E-state index contributed by atoms with van der Waals surface area (Å²) in [6.07, 6.45) is 5.44. The third-order valence-corrected chi connectivity index (χ3v) is 3.43. The summed E-state index contributed by atoms with van der Waals surface area (Å²) < 4.78 is 0. The van der Waals surface area contributed by atoms with Crippen molar-refractivity contribution in [1.29, 1.82) is 0 Å². The highest BCUT2D eigenvalue weighted by molar-refractivity contribution is 5.78. The molecule has 1 N–H and O–H groups in total. The average Bonchev–Trinajstić information content (AvgIpc) is 2.60. The fourth-order valence-electron chi connectivity index (χ4n) is 2.39. The first-order valence-corrected chi connectivity index (χ1v) is 6.63. The van der Waals surface area contributed by atoms with Gasteiger partial charge in [0.2, 0.25) is 5.91 Å². The molecule has 94 valence electrons. The molecule has 1 aliphatic heterocycles. The van der Waals surface area contributed by atoms with Crippen LogP contribution < -0.4 is 0 Å². The third kappa shape index (κ3) is 4.12. The highest BCUT2D eigenvalue weighted by Crippen LogP contribution is 2.22. The van der Waals surface area contributed by atoms with Gasteiger partial charge in [0, 0.05) is 19.5 Å². The van der Waals surface area contributed by atoms with E-state index >= 15 is 0 Å². The van der Waals surface area contributed by atoms with E-state index in [9.17, 15) is 9.90 Å². The van der Waals surface area contributed by atoms with Crippen molar-refractivity contribution < 1.29 is 9.90 Å². The van der Waals surface area contributed by atoms with Crippen LogP contribution in [0.3, 0.4) is 0 Å². The molecule has 2 atom stereocenters. The molecule has 0 aromatic heterocycles. The van der Waals surface area contributed by atoms with Gasteiger partial charge in [-0.1, -0.05) is 20.3 Å². The fraction of sp³-hybridized carbons (Fsp3) is 0.923. The first-order chi connectivity index (χ1) is 7.67. The number of amides is 1. The lowest BCUT2D eigenvalue weighted by molar-refractivity contribution is -0.127. The first kappa shape index (κ1) is 13.5. The molecule has 3 nitrogen and oxygen atoms in total. The Bertz CT molecular complexity index is 218. The van der Waals surface area contributed by atoms with Crippen LogP contribution in [-0.2, 0) is 4.79 Å². The second-order valence-electron chi connectivity index (χ2n) is 4.90. The van der Waals surface area contributed by atoms with Gasteiger partial charge in [-0.2, -0.15) is 0 Å². The summed E-state index contributed by atoms with van der Waals surface area (Å²) in [5.41, 5.74) is 0. The van der Waals surface area contributed by atoms with Crippen LogP contribution in [0.4, 0.5) is 0 Å². The number of aliphatic hydroxyl groups is 1. The van der Waals surface area contributed by atoms with Crippen LogP contribution in [0.1, 0.15) is 52.4 Å². The maximum atomic E-state index is 11.7. The van der Waals surface area contributed by atoms with Crippen molar-refractivity contribution in [3.8, 4) is 0 Å². The van der Waals surface area contributed by atoms with Gasteiger partial charge in [0.25, 0.3) is 0 Å². The molecule has 1 amide bonds. The SMILES string of the molecule is CCCC1CC(=O)N(CCCC(O)CC)C1. The molecular weight excluding hydrogens is 202 g/mol. The normalized spacial score (nSPS) is 22.8. The van der Waals surface area contributed by atoms with Crippen LogP contribution in [0.2, 0.25) is 0 Å². The van der Waals surface area contributed by atoms with Gasteiger partial charge in [-0.15, -0.1) is 0 Å². The van der Waals surface area contributed by atoms with Gasteiger partial charge < -0.3 is 10.0 Å². The van der Waals surface area contributed by atoms with Gasteiger partial charge in [0.05, 0.1) is 6.10 Å². The van der Waals surface area contributed by atoms with E-state index in [0.717, 1.165) is 38.8 Å². The monoisotopic (exact) mass is 227 g/mol. The zero-order chi connectivity index (χ0) is 12.0. The zero-order valence-corrected chi connectivity index (χ0v) is 10.6. The van der Waals surface area contributed by atoms with Gasteiger partial charge >= 0.3 is 0 Å². The first-order valence-electron chi connectivity index (χ1n) is 6.63. The molecule has 0 aromatic rings. The summed E-state index contributed by atoms with van der Waals surface area (Å²) in [6, 6.07) is 0. The molecule has 0 aliphatic carbocycles. The third-order valence-electron chi connectivity index (χ3n) is 3.43. The van der Waals surface area contributed by atoms with E-state index in [1.807, 2.05) is 11.8 Å². The molecule has 0 saturated carbocycles. The average molecular weight is 227 g/mol. The second kappa shape index (κ2) is 6.89. The molecule has 1 saturated heterocycles. The van der Waals surface area contributed by atoms with Crippen molar-refractivity contribution >= 4 is 5.91 Å². The molecule has 2 unspecified atom stereocenters. The van der Waals surface area contributed by atoms with Crippen molar-refractivity contribution in [2.45, 2.75) is 58.5 Å². The molecule has 0 bridgehead atoms. The van der Waals surface area contributed by atoms with E-state index < -0.39 is 0 Å². The number of rotatable bonds is 7. The van der Waals surface area contributed by atoms with Crippen molar-refractivity contribution in [2.24, 2.45) is 5.92 Å². The van der Waals surface area contributed by atoms with Crippen molar-refractivity contribution in [3.63, 3.8) is 0 Å². The Morgan fingerprint density at radius 3 is 2.88 bits per heavy atom. The summed E-state index contributed by atoms with van der Waals surface area (Å²) in [4.78, 5) is 13.6. The largest absolute Gasteiger partial charge is 0.393 e. The van der Waals surface area contributed by atoms with Gasteiger partial charge in [-0.05, 0) is 31.6 Å². The summed E-state index contributed by atoms with van der Waals surface area (Å²) in [6.45, 7) is 5.93. The molecule has 16 heavy (non-hydrogen) atoms. The number of hydrogen-bond donors (Lipinski definition) is 1. The zero-order valence-electron chi connectivity index (χ0n) is 10.6. The Kier molecular flexibility index (Phi) is 5.81. The van der Waals surface area contributed by atoms with Crippen LogP contribution in [-0.4, -0.2) is 35.1 Å².